The molecule has 5 nitrogen and oxygen atoms in total. The lowest BCUT2D eigenvalue weighted by Crippen LogP contribution is -1.98. The minimum atomic E-state index is 0.634. The van der Waals surface area contributed by atoms with Crippen molar-refractivity contribution in [3.8, 4) is 17.2 Å². The Labute approximate surface area is 110 Å². The molecule has 2 N–H and O–H groups in total. The quantitative estimate of drug-likeness (QED) is 0.709. The molecule has 0 spiro atoms. The number of hydrogen-bond acceptors (Lipinski definition) is 4. The zero-order valence-corrected chi connectivity index (χ0v) is 10.5. The van der Waals surface area contributed by atoms with Gasteiger partial charge in [0.25, 0.3) is 0 Å². The molecule has 0 aliphatic carbocycles. The highest BCUT2D eigenvalue weighted by molar-refractivity contribution is 5.60. The highest BCUT2D eigenvalue weighted by atomic mass is 15.4. The first-order valence-electron chi connectivity index (χ1n) is 5.93. The maximum Gasteiger partial charge on any atom is 0.181 e. The summed E-state index contributed by atoms with van der Waals surface area (Å²) in [5, 5.41) is 4.41. The molecule has 0 saturated carbocycles. The van der Waals surface area contributed by atoms with Gasteiger partial charge in [0, 0.05) is 17.4 Å². The zero-order valence-electron chi connectivity index (χ0n) is 10.5. The van der Waals surface area contributed by atoms with Crippen LogP contribution in [-0.4, -0.2) is 19.7 Å². The average Bonchev–Trinajstić information content (AvgIpc) is 2.89. The van der Waals surface area contributed by atoms with Crippen LogP contribution in [0.3, 0.4) is 0 Å². The van der Waals surface area contributed by atoms with Crippen LogP contribution in [0.25, 0.3) is 17.2 Å². The highest BCUT2D eigenvalue weighted by Gasteiger charge is 2.06. The summed E-state index contributed by atoms with van der Waals surface area (Å²) in [5.41, 5.74) is 8.46. The van der Waals surface area contributed by atoms with E-state index >= 15 is 0 Å². The summed E-state index contributed by atoms with van der Waals surface area (Å²) in [6, 6.07) is 11.4. The van der Waals surface area contributed by atoms with Gasteiger partial charge in [-0.15, -0.1) is 5.10 Å². The van der Waals surface area contributed by atoms with Crippen LogP contribution in [0.4, 0.5) is 5.69 Å². The Kier molecular flexibility index (Phi) is 2.72. The van der Waals surface area contributed by atoms with Crippen LogP contribution in [0.1, 0.15) is 5.56 Å². The molecule has 0 saturated heterocycles. The molecule has 19 heavy (non-hydrogen) atoms. The van der Waals surface area contributed by atoms with Crippen LogP contribution in [0.2, 0.25) is 0 Å². The summed E-state index contributed by atoms with van der Waals surface area (Å²) in [6.45, 7) is 2.00. The molecular weight excluding hydrogens is 238 g/mol. The molecule has 1 aromatic carbocycles. The first-order valence-corrected chi connectivity index (χ1v) is 5.93. The Hall–Kier alpha value is -2.69. The van der Waals surface area contributed by atoms with Crippen molar-refractivity contribution in [1.82, 2.24) is 19.7 Å². The molecule has 5 heteroatoms. The molecule has 94 valence electrons. The zero-order chi connectivity index (χ0) is 13.2. The number of nitrogens with two attached hydrogens (primary N) is 1. The SMILES string of the molecule is Cc1ccc(-n2cnc(-c3cccc(N)c3)n2)nc1. The smallest absolute Gasteiger partial charge is 0.181 e. The maximum atomic E-state index is 5.76. The lowest BCUT2D eigenvalue weighted by molar-refractivity contribution is 0.846. The van der Waals surface area contributed by atoms with Gasteiger partial charge in [-0.25, -0.2) is 14.6 Å². The van der Waals surface area contributed by atoms with E-state index in [4.69, 9.17) is 5.73 Å². The number of pyridine rings is 1. The summed E-state index contributed by atoms with van der Waals surface area (Å²) < 4.78 is 1.65. The summed E-state index contributed by atoms with van der Waals surface area (Å²) >= 11 is 0. The molecule has 3 rings (SSSR count). The minimum Gasteiger partial charge on any atom is -0.399 e. The summed E-state index contributed by atoms with van der Waals surface area (Å²) in [5.74, 6) is 1.38. The monoisotopic (exact) mass is 251 g/mol. The molecule has 0 bridgehead atoms. The van der Waals surface area contributed by atoms with E-state index < -0.39 is 0 Å². The summed E-state index contributed by atoms with van der Waals surface area (Å²) in [4.78, 5) is 8.59. The van der Waals surface area contributed by atoms with E-state index in [1.165, 1.54) is 0 Å². The predicted molar refractivity (Wildman–Crippen MR) is 73.7 cm³/mol. The highest BCUT2D eigenvalue weighted by Crippen LogP contribution is 2.17. The molecule has 3 aromatic rings. The third-order valence-corrected chi connectivity index (χ3v) is 2.77. The maximum absolute atomic E-state index is 5.76. The van der Waals surface area contributed by atoms with Gasteiger partial charge in [-0.1, -0.05) is 18.2 Å². The minimum absolute atomic E-state index is 0.634. The molecule has 0 radical (unpaired) electrons. The van der Waals surface area contributed by atoms with E-state index in [-0.39, 0.29) is 0 Å². The third-order valence-electron chi connectivity index (χ3n) is 2.77. The molecule has 0 aliphatic heterocycles. The summed E-state index contributed by atoms with van der Waals surface area (Å²) in [7, 11) is 0. The van der Waals surface area contributed by atoms with Crippen LogP contribution >= 0.6 is 0 Å². The van der Waals surface area contributed by atoms with Gasteiger partial charge >= 0.3 is 0 Å². The van der Waals surface area contributed by atoms with Crippen LogP contribution < -0.4 is 5.73 Å². The van der Waals surface area contributed by atoms with Gasteiger partial charge in [0.15, 0.2) is 11.6 Å². The van der Waals surface area contributed by atoms with Crippen LogP contribution in [0.5, 0.6) is 0 Å². The molecule has 0 amide bonds. The van der Waals surface area contributed by atoms with E-state index in [1.54, 1.807) is 17.2 Å². The van der Waals surface area contributed by atoms with Crippen molar-refractivity contribution in [3.05, 3.63) is 54.5 Å². The Bertz CT molecular complexity index is 700. The topological polar surface area (TPSA) is 69.6 Å². The lowest BCUT2D eigenvalue weighted by Gasteiger charge is -1.99. The first kappa shape index (κ1) is 11.4. The fourth-order valence-corrected chi connectivity index (χ4v) is 1.78. The molecule has 2 aromatic heterocycles. The van der Waals surface area contributed by atoms with E-state index in [9.17, 15) is 0 Å². The molecule has 0 unspecified atom stereocenters. The number of nitrogens with zero attached hydrogens (tertiary/aromatic N) is 4. The lowest BCUT2D eigenvalue weighted by atomic mass is 10.2. The first-order chi connectivity index (χ1) is 9.22. The fourth-order valence-electron chi connectivity index (χ4n) is 1.78. The Morgan fingerprint density at radius 2 is 2.00 bits per heavy atom. The normalized spacial score (nSPS) is 10.6. The van der Waals surface area contributed by atoms with Gasteiger partial charge in [0.05, 0.1) is 0 Å². The van der Waals surface area contributed by atoms with Crippen LogP contribution in [-0.2, 0) is 0 Å². The number of aromatic nitrogens is 4. The standard InChI is InChI=1S/C14H13N5/c1-10-5-6-13(16-8-10)19-9-17-14(18-19)11-3-2-4-12(15)7-11/h2-9H,15H2,1H3. The largest absolute Gasteiger partial charge is 0.399 e. The number of anilines is 1. The predicted octanol–water partition coefficient (Wildman–Crippen LogP) is 2.22. The van der Waals surface area contributed by atoms with Gasteiger partial charge in [-0.3, -0.25) is 0 Å². The Morgan fingerprint density at radius 3 is 2.74 bits per heavy atom. The van der Waals surface area contributed by atoms with Crippen molar-refractivity contribution in [1.29, 1.82) is 0 Å². The van der Waals surface area contributed by atoms with E-state index in [0.717, 1.165) is 16.9 Å². The van der Waals surface area contributed by atoms with Crippen LogP contribution in [0.15, 0.2) is 48.9 Å². The van der Waals surface area contributed by atoms with Gasteiger partial charge in [-0.05, 0) is 30.7 Å². The van der Waals surface area contributed by atoms with Gasteiger partial charge in [0.1, 0.15) is 6.33 Å². The molecular formula is C14H13N5. The molecule has 0 atom stereocenters. The van der Waals surface area contributed by atoms with Gasteiger partial charge in [0.2, 0.25) is 0 Å². The number of benzene rings is 1. The number of rotatable bonds is 2. The number of hydrogen-bond donors (Lipinski definition) is 1. The van der Waals surface area contributed by atoms with Crippen molar-refractivity contribution in [2.24, 2.45) is 0 Å². The van der Waals surface area contributed by atoms with Crippen molar-refractivity contribution >= 4 is 5.69 Å². The van der Waals surface area contributed by atoms with Crippen molar-refractivity contribution in [3.63, 3.8) is 0 Å². The van der Waals surface area contributed by atoms with Crippen molar-refractivity contribution < 1.29 is 0 Å². The summed E-state index contributed by atoms with van der Waals surface area (Å²) in [6.07, 6.45) is 3.45. The average molecular weight is 251 g/mol. The third kappa shape index (κ3) is 2.30. The fraction of sp³-hybridized carbons (Fsp3) is 0.0714. The number of aryl methyl sites for hydroxylation is 1. The molecule has 0 fully saturated rings. The molecule has 0 aliphatic rings. The van der Waals surface area contributed by atoms with Crippen molar-refractivity contribution in [2.45, 2.75) is 6.92 Å². The van der Waals surface area contributed by atoms with Gasteiger partial charge in [-0.2, -0.15) is 0 Å². The van der Waals surface area contributed by atoms with Crippen molar-refractivity contribution in [2.75, 3.05) is 5.73 Å². The second kappa shape index (κ2) is 4.53. The number of nitrogen functional groups attached to an aromatic ring is 1. The van der Waals surface area contributed by atoms with E-state index in [0.29, 0.717) is 11.5 Å². The van der Waals surface area contributed by atoms with Gasteiger partial charge < -0.3 is 5.73 Å². The molecule has 2 heterocycles. The second-order valence-corrected chi connectivity index (χ2v) is 4.33. The Balaban J connectivity index is 1.97. The Morgan fingerprint density at radius 1 is 1.11 bits per heavy atom. The second-order valence-electron chi connectivity index (χ2n) is 4.33. The van der Waals surface area contributed by atoms with Crippen LogP contribution in [0, 0.1) is 6.92 Å². The van der Waals surface area contributed by atoms with E-state index in [2.05, 4.69) is 15.1 Å². The van der Waals surface area contributed by atoms with E-state index in [1.807, 2.05) is 43.3 Å².